The van der Waals surface area contributed by atoms with Gasteiger partial charge in [-0.15, -0.1) is 0 Å². The summed E-state index contributed by atoms with van der Waals surface area (Å²) in [6.07, 6.45) is -31.5. The van der Waals surface area contributed by atoms with Crippen LogP contribution in [0.1, 0.15) is 158 Å². The molecule has 0 aromatic carbocycles. The maximum Gasteiger partial charge on any atom is 1.00 e. The summed E-state index contributed by atoms with van der Waals surface area (Å²) in [5.41, 5.74) is 0. The molecule has 676 valence electrons. The molecule has 0 aromatic rings. The third-order valence-corrected chi connectivity index (χ3v) is 20.9. The van der Waals surface area contributed by atoms with Gasteiger partial charge in [0.05, 0.1) is 82.2 Å². The van der Waals surface area contributed by atoms with Gasteiger partial charge >= 0.3 is 65.1 Å². The summed E-state index contributed by atoms with van der Waals surface area (Å²) >= 11 is 0. The first-order chi connectivity index (χ1) is 54.4. The molecule has 0 radical (unpaired) electrons. The van der Waals surface area contributed by atoms with Crippen molar-refractivity contribution in [2.75, 3.05) is 95.0 Å². The summed E-state index contributed by atoms with van der Waals surface area (Å²) in [7, 11) is 6.49. The number of carboxylic acids is 6. The Labute approximate surface area is 728 Å². The zero-order chi connectivity index (χ0) is 87.4. The van der Waals surface area contributed by atoms with E-state index in [1.807, 2.05) is 0 Å². The number of nitrogens with zero attached hydrogens (tertiary/aromatic N) is 2. The van der Waals surface area contributed by atoms with Crippen molar-refractivity contribution in [2.45, 2.75) is 342 Å². The Hall–Kier alpha value is -2.34. The number of carbonyl (C=O) groups excluding carboxylic acids is 5. The number of carbonyl (C=O) groups is 6. The van der Waals surface area contributed by atoms with E-state index >= 15 is 0 Å². The monoisotopic (exact) mass is 1720 g/mol. The molecule has 0 spiro atoms. The minimum Gasteiger partial charge on any atom is -0.547 e. The number of unbranched alkanes of at least 4 members (excludes halogenated alkanes) is 8. The summed E-state index contributed by atoms with van der Waals surface area (Å²) < 4.78 is 76.6. The molecule has 117 heavy (non-hydrogen) atoms. The van der Waals surface area contributed by atoms with Gasteiger partial charge in [-0.25, -0.2) is 4.79 Å². The molecular formula is C74H133N2Na2O39-. The van der Waals surface area contributed by atoms with Gasteiger partial charge in [0, 0.05) is 42.7 Å². The molecule has 13 N–H and O–H groups in total. The number of ether oxygens (including phenoxy) is 15. The zero-order valence-electron chi connectivity index (χ0n) is 70.6. The van der Waals surface area contributed by atoms with Crippen LogP contribution in [0.5, 0.6) is 0 Å². The minimum atomic E-state index is -1.97. The number of hydrogen-bond acceptors (Lipinski definition) is 38. The largest absolute Gasteiger partial charge is 1.00 e. The van der Waals surface area contributed by atoms with Gasteiger partial charge < -0.3 is 196 Å². The fraction of sp³-hybridized carbons (Fsp3) is 0.919. The summed E-state index contributed by atoms with van der Waals surface area (Å²) in [4.78, 5) is 67.6. The SMILES string of the molecule is CCCC[N+](CCCC)(CCCC)CCCC.CCCC[N+](CCCC)(CCCC)CCCC.CO[C@@H]1OC(C(=O)O)[C@@H](O[C@@H]2OC(C(=O)[O-])[C@@H](OC)[C@H](O)C2O)[C@H](O)C1O.CO[C@@H]1OC(C(=O)[O-])[C@@H](O[C@@H]2OC(C(=O)[O-])[C@@H](OC)[C@H](O)C2O)[C@H](O)C1O.CO[C@@H]1OC(C(=O)[O-])[C@@H](O[C@@H]2OC(C(=O)[O-])[C@@H](OC)[C@H](O)C2O)[C@H](O)C1O.[Na+].[Na+]. The van der Waals surface area contributed by atoms with E-state index in [1.165, 1.54) is 164 Å². The number of aliphatic hydroxyl groups excluding tert-OH is 12. The second-order valence-electron chi connectivity index (χ2n) is 29.3. The van der Waals surface area contributed by atoms with Crippen LogP contribution in [0.15, 0.2) is 0 Å². The van der Waals surface area contributed by atoms with Crippen LogP contribution in [-0.4, -0.2) is 390 Å². The second-order valence-corrected chi connectivity index (χ2v) is 29.3. The van der Waals surface area contributed by atoms with Crippen molar-refractivity contribution in [1.82, 2.24) is 0 Å². The normalized spacial score (nSPS) is 34.9. The molecule has 6 saturated heterocycles. The molecule has 0 aromatic heterocycles. The van der Waals surface area contributed by atoms with E-state index < -0.39 is 220 Å². The Morgan fingerprint density at radius 2 is 0.410 bits per heavy atom. The van der Waals surface area contributed by atoms with Crippen molar-refractivity contribution >= 4 is 35.8 Å². The van der Waals surface area contributed by atoms with Gasteiger partial charge in [-0.2, -0.15) is 0 Å². The van der Waals surface area contributed by atoms with Gasteiger partial charge in [-0.1, -0.05) is 107 Å². The summed E-state index contributed by atoms with van der Waals surface area (Å²) in [6, 6.07) is 0. The Balaban J connectivity index is 0.00000145. The molecule has 6 aliphatic rings. The number of quaternary nitrogens is 2. The zero-order valence-corrected chi connectivity index (χ0v) is 74.6. The van der Waals surface area contributed by atoms with E-state index in [4.69, 9.17) is 71.1 Å². The molecule has 0 aliphatic carbocycles. The number of rotatable bonds is 42. The fourth-order valence-corrected chi connectivity index (χ4v) is 14.1. The van der Waals surface area contributed by atoms with Crippen LogP contribution in [0.3, 0.4) is 0 Å². The minimum absolute atomic E-state index is 0. The van der Waals surface area contributed by atoms with E-state index in [0.29, 0.717) is 0 Å². The van der Waals surface area contributed by atoms with Gasteiger partial charge in [0.2, 0.25) is 0 Å². The number of carboxylic acid groups (broad SMARTS) is 6. The third kappa shape index (κ3) is 33.5. The Kier molecular flexibility index (Phi) is 57.6. The fourth-order valence-electron chi connectivity index (χ4n) is 14.1. The second kappa shape index (κ2) is 58.8. The first kappa shape index (κ1) is 115. The van der Waals surface area contributed by atoms with Crippen LogP contribution < -0.4 is 84.6 Å². The number of aliphatic hydroxyl groups is 12. The Morgan fingerprint density at radius 3 is 0.573 bits per heavy atom. The van der Waals surface area contributed by atoms with Crippen LogP contribution in [0, 0.1) is 0 Å². The smallest absolute Gasteiger partial charge is 0.547 e. The molecule has 41 nitrogen and oxygen atoms in total. The summed E-state index contributed by atoms with van der Waals surface area (Å²) in [6.45, 7) is 30.0. The van der Waals surface area contributed by atoms with E-state index in [1.54, 1.807) is 0 Å². The maximum atomic E-state index is 11.4. The molecule has 0 saturated carbocycles. The molecule has 0 bridgehead atoms. The molecule has 6 rings (SSSR count). The van der Waals surface area contributed by atoms with Crippen LogP contribution in [0.2, 0.25) is 0 Å². The predicted octanol–water partition coefficient (Wildman–Crippen LogP) is -14.4. The quantitative estimate of drug-likeness (QED) is 0.0199. The van der Waals surface area contributed by atoms with Crippen molar-refractivity contribution in [2.24, 2.45) is 0 Å². The number of aliphatic carboxylic acids is 6. The molecule has 0 amide bonds. The van der Waals surface area contributed by atoms with E-state index in [-0.39, 0.29) is 59.1 Å². The van der Waals surface area contributed by atoms with Crippen LogP contribution in [0.25, 0.3) is 0 Å². The van der Waals surface area contributed by atoms with Crippen LogP contribution >= 0.6 is 0 Å². The maximum absolute atomic E-state index is 11.4. The standard InChI is InChI=1S/2C16H36N.3C14H22O13.2Na/c2*1-5-9-13-17(14-10-6-2,15-11-7-3)16-12-8-4;3*1-23-7-3(15)6(18)14(27-9(7)11(19)20)25-8-4(16)5(17)13(24-2)26-10(8)12(21)22;;/h2*5-16H2,1-4H3;3*3-10,13-18H,1-2H3,(H,19,20)(H,21,22);;/q2*+1;;;;2*+1/p-5/t;;3*3-,4-,5?,6?,7+,8+,9?,10?,13-,14-;;/m..111../s1. The Morgan fingerprint density at radius 1 is 0.256 bits per heavy atom. The molecular weight excluding hydrogens is 1590 g/mol. The average molecular weight is 1720 g/mol. The Bertz CT molecular complexity index is 2420. The first-order valence-corrected chi connectivity index (χ1v) is 39.6. The van der Waals surface area contributed by atoms with Gasteiger partial charge in [0.15, 0.2) is 43.8 Å². The van der Waals surface area contributed by atoms with Crippen molar-refractivity contribution in [3.8, 4) is 0 Å². The first-order valence-electron chi connectivity index (χ1n) is 39.6. The summed E-state index contributed by atoms with van der Waals surface area (Å²) in [5, 5.41) is 186. The predicted molar refractivity (Wildman–Crippen MR) is 383 cm³/mol. The van der Waals surface area contributed by atoms with E-state index in [2.05, 4.69) is 55.4 Å². The van der Waals surface area contributed by atoms with Gasteiger partial charge in [0.1, 0.15) is 140 Å². The summed E-state index contributed by atoms with van der Waals surface area (Å²) in [5.74, 6) is -10.6. The van der Waals surface area contributed by atoms with Crippen molar-refractivity contribution in [1.29, 1.82) is 0 Å². The molecule has 6 aliphatic heterocycles. The average Bonchev–Trinajstić information content (AvgIpc) is 0.786. The number of methoxy groups -OCH3 is 6. The van der Waals surface area contributed by atoms with Crippen molar-refractivity contribution in [3.05, 3.63) is 0 Å². The topological polar surface area (TPSA) is 619 Å². The van der Waals surface area contributed by atoms with Crippen LogP contribution in [-0.2, 0) is 99.8 Å². The van der Waals surface area contributed by atoms with Crippen LogP contribution in [0.4, 0.5) is 0 Å². The molecule has 43 heteroatoms. The molecule has 12 unspecified atom stereocenters. The molecule has 6 fully saturated rings. The van der Waals surface area contributed by atoms with Gasteiger partial charge in [-0.3, -0.25) is 0 Å². The third-order valence-electron chi connectivity index (χ3n) is 20.9. The number of hydrogen-bond donors (Lipinski definition) is 13. The van der Waals surface area contributed by atoms with Gasteiger partial charge in [0.25, 0.3) is 0 Å². The van der Waals surface area contributed by atoms with E-state index in [9.17, 15) is 121 Å². The van der Waals surface area contributed by atoms with Crippen molar-refractivity contribution in [3.63, 3.8) is 0 Å². The van der Waals surface area contributed by atoms with Crippen molar-refractivity contribution < 1.29 is 260 Å². The molecule has 30 atom stereocenters. The van der Waals surface area contributed by atoms with Gasteiger partial charge in [-0.05, 0) is 51.4 Å². The molecule has 6 heterocycles. The van der Waals surface area contributed by atoms with E-state index in [0.717, 1.165) is 42.7 Å².